The summed E-state index contributed by atoms with van der Waals surface area (Å²) in [7, 11) is 2.03. The number of aliphatic imine (C=N–C) groups is 1. The molecular weight excluding hydrogens is 558 g/mol. The first-order chi connectivity index (χ1) is 20.7. The summed E-state index contributed by atoms with van der Waals surface area (Å²) in [6, 6.07) is -0.0386. The standard InChI is InChI=1S/C34H55N3O3.C5H12/c1-12-22-34(13-2)35-30(36(11)28-18-16-14-15-17-19-28)31(38)37(34)29(27(7)23-33(8,9)10)25(5)20-21-26(6)32(39)40-24(3)4;1-5(2,3)4/h13,20-21,24,27-29H,2,5-6,12,14-19,22-23H2,1,3-4,7-11H3;1-4H3/b21-20-;. The molecule has 1 heterocycles. The molecule has 0 saturated heterocycles. The normalized spacial score (nSPS) is 21.0. The molecule has 0 aromatic carbocycles. The number of amidine groups is 1. The van der Waals surface area contributed by atoms with Crippen LogP contribution in [0.3, 0.4) is 0 Å². The number of carbonyl (C=O) groups is 2. The highest BCUT2D eigenvalue weighted by atomic mass is 16.5. The Kier molecular flexibility index (Phi) is 15.6. The number of nitrogens with zero attached hydrogens (tertiary/aromatic N) is 3. The van der Waals surface area contributed by atoms with E-state index in [9.17, 15) is 9.59 Å². The lowest BCUT2D eigenvalue weighted by molar-refractivity contribution is -0.142. The van der Waals surface area contributed by atoms with Gasteiger partial charge in [0.15, 0.2) is 11.5 Å². The van der Waals surface area contributed by atoms with E-state index in [4.69, 9.17) is 9.73 Å². The molecule has 45 heavy (non-hydrogen) atoms. The molecule has 1 saturated carbocycles. The zero-order valence-electron chi connectivity index (χ0n) is 31.1. The van der Waals surface area contributed by atoms with Crippen LogP contribution >= 0.6 is 0 Å². The average Bonchev–Trinajstić information content (AvgIpc) is 3.05. The summed E-state index contributed by atoms with van der Waals surface area (Å²) in [5.41, 5.74) is 0.664. The van der Waals surface area contributed by atoms with Gasteiger partial charge >= 0.3 is 5.97 Å². The van der Waals surface area contributed by atoms with E-state index in [-0.39, 0.29) is 35.0 Å². The van der Waals surface area contributed by atoms with Crippen LogP contribution in [-0.2, 0) is 14.3 Å². The van der Waals surface area contributed by atoms with Gasteiger partial charge in [0.25, 0.3) is 5.91 Å². The quantitative estimate of drug-likeness (QED) is 0.0712. The van der Waals surface area contributed by atoms with Crippen LogP contribution in [0.25, 0.3) is 0 Å². The molecule has 2 aliphatic rings. The van der Waals surface area contributed by atoms with Gasteiger partial charge in [0.1, 0.15) is 0 Å². The molecule has 2 rings (SSSR count). The fourth-order valence-corrected chi connectivity index (χ4v) is 6.30. The maximum Gasteiger partial charge on any atom is 0.337 e. The number of amides is 1. The molecule has 0 radical (unpaired) electrons. The molecule has 1 aliphatic carbocycles. The summed E-state index contributed by atoms with van der Waals surface area (Å²) in [4.78, 5) is 36.1. The molecule has 1 fully saturated rings. The van der Waals surface area contributed by atoms with E-state index in [0.29, 0.717) is 23.7 Å². The van der Waals surface area contributed by atoms with Gasteiger partial charge in [0, 0.05) is 13.1 Å². The molecule has 0 spiro atoms. The third kappa shape index (κ3) is 12.9. The summed E-state index contributed by atoms with van der Waals surface area (Å²) in [6.45, 7) is 35.8. The van der Waals surface area contributed by atoms with Crippen LogP contribution in [0, 0.1) is 16.7 Å². The lowest BCUT2D eigenvalue weighted by Gasteiger charge is -2.44. The van der Waals surface area contributed by atoms with E-state index in [1.165, 1.54) is 25.7 Å². The van der Waals surface area contributed by atoms with Crippen molar-refractivity contribution in [2.45, 2.75) is 158 Å². The van der Waals surface area contributed by atoms with Crippen LogP contribution in [0.1, 0.15) is 134 Å². The Balaban J connectivity index is 0.00000187. The van der Waals surface area contributed by atoms with Gasteiger partial charge in [-0.2, -0.15) is 0 Å². The predicted molar refractivity (Wildman–Crippen MR) is 192 cm³/mol. The van der Waals surface area contributed by atoms with Gasteiger partial charge < -0.3 is 14.5 Å². The zero-order chi connectivity index (χ0) is 34.8. The summed E-state index contributed by atoms with van der Waals surface area (Å²) in [5, 5.41) is 0. The highest BCUT2D eigenvalue weighted by molar-refractivity contribution is 6.39. The fraction of sp³-hybridized carbons (Fsp3) is 0.718. The SMILES string of the molecule is C=CC1(CCC)N=C(N(C)C2CCCCCC2)C(=O)N1C(C(=C)/C=C\C(=C)C(=O)OC(C)C)C(C)CC(C)(C)C.CC(C)(C)C. The second-order valence-electron chi connectivity index (χ2n) is 16.3. The third-order valence-corrected chi connectivity index (χ3v) is 8.01. The van der Waals surface area contributed by atoms with Crippen molar-refractivity contribution in [1.82, 2.24) is 9.80 Å². The molecule has 256 valence electrons. The van der Waals surface area contributed by atoms with Gasteiger partial charge in [-0.3, -0.25) is 4.79 Å². The second-order valence-corrected chi connectivity index (χ2v) is 16.3. The Labute approximate surface area is 277 Å². The Morgan fingerprint density at radius 1 is 1.04 bits per heavy atom. The number of hydrogen-bond acceptors (Lipinski definition) is 5. The van der Waals surface area contributed by atoms with E-state index in [1.807, 2.05) is 37.9 Å². The van der Waals surface area contributed by atoms with Crippen LogP contribution < -0.4 is 0 Å². The number of esters is 1. The molecule has 0 N–H and O–H groups in total. The predicted octanol–water partition coefficient (Wildman–Crippen LogP) is 9.68. The minimum absolute atomic E-state index is 0.0392. The van der Waals surface area contributed by atoms with E-state index in [0.717, 1.165) is 31.3 Å². The van der Waals surface area contributed by atoms with Crippen molar-refractivity contribution in [3.63, 3.8) is 0 Å². The van der Waals surface area contributed by atoms with Gasteiger partial charge in [-0.05, 0) is 74.0 Å². The van der Waals surface area contributed by atoms with Crippen molar-refractivity contribution >= 4 is 17.7 Å². The van der Waals surface area contributed by atoms with E-state index in [1.54, 1.807) is 6.08 Å². The lowest BCUT2D eigenvalue weighted by Crippen LogP contribution is -2.55. The van der Waals surface area contributed by atoms with Gasteiger partial charge in [0.05, 0.1) is 17.7 Å². The Bertz CT molecular complexity index is 1070. The Morgan fingerprint density at radius 2 is 1.58 bits per heavy atom. The minimum atomic E-state index is -0.860. The van der Waals surface area contributed by atoms with E-state index < -0.39 is 11.6 Å². The molecule has 1 aliphatic heterocycles. The van der Waals surface area contributed by atoms with Crippen molar-refractivity contribution in [2.75, 3.05) is 7.05 Å². The van der Waals surface area contributed by atoms with Gasteiger partial charge in [0.2, 0.25) is 0 Å². The Hall–Kier alpha value is -2.63. The summed E-state index contributed by atoms with van der Waals surface area (Å²) >= 11 is 0. The number of hydrogen-bond donors (Lipinski definition) is 0. The second kappa shape index (κ2) is 17.3. The van der Waals surface area contributed by atoms with Gasteiger partial charge in [-0.1, -0.05) is 120 Å². The largest absolute Gasteiger partial charge is 0.459 e. The monoisotopic (exact) mass is 626 g/mol. The third-order valence-electron chi connectivity index (χ3n) is 8.01. The fourth-order valence-electron chi connectivity index (χ4n) is 6.30. The highest BCUT2D eigenvalue weighted by Crippen LogP contribution is 2.41. The van der Waals surface area contributed by atoms with Crippen LogP contribution in [-0.4, -0.2) is 58.4 Å². The minimum Gasteiger partial charge on any atom is -0.459 e. The molecule has 6 nitrogen and oxygen atoms in total. The number of likely N-dealkylation sites (N-methyl/N-ethyl adjacent to an activating group) is 1. The topological polar surface area (TPSA) is 62.2 Å². The number of carbonyl (C=O) groups excluding carboxylic acids is 2. The van der Waals surface area contributed by atoms with Gasteiger partial charge in [-0.15, -0.1) is 0 Å². The van der Waals surface area contributed by atoms with Crippen LogP contribution in [0.2, 0.25) is 0 Å². The smallest absolute Gasteiger partial charge is 0.337 e. The highest BCUT2D eigenvalue weighted by Gasteiger charge is 2.51. The van der Waals surface area contributed by atoms with E-state index >= 15 is 0 Å². The lowest BCUT2D eigenvalue weighted by atomic mass is 9.79. The molecule has 6 heteroatoms. The molecular formula is C39H67N3O3. The summed E-state index contributed by atoms with van der Waals surface area (Å²) in [5.74, 6) is 0.0666. The van der Waals surface area contributed by atoms with Crippen molar-refractivity contribution in [3.8, 4) is 0 Å². The molecule has 1 amide bonds. The van der Waals surface area contributed by atoms with Crippen LogP contribution in [0.4, 0.5) is 0 Å². The first kappa shape index (κ1) is 40.4. The molecule has 0 aromatic heterocycles. The first-order valence-electron chi connectivity index (χ1n) is 17.2. The average molecular weight is 626 g/mol. The summed E-state index contributed by atoms with van der Waals surface area (Å²) in [6.07, 6.45) is 14.5. The van der Waals surface area contributed by atoms with Crippen LogP contribution in [0.15, 0.2) is 54.1 Å². The van der Waals surface area contributed by atoms with Crippen molar-refractivity contribution < 1.29 is 14.3 Å². The molecule has 3 atom stereocenters. The molecule has 0 bridgehead atoms. The molecule has 3 unspecified atom stereocenters. The number of rotatable bonds is 12. The van der Waals surface area contributed by atoms with Crippen molar-refractivity contribution in [2.24, 2.45) is 21.7 Å². The maximum atomic E-state index is 14.5. The molecule has 0 aromatic rings. The van der Waals surface area contributed by atoms with Crippen molar-refractivity contribution in [3.05, 3.63) is 49.1 Å². The van der Waals surface area contributed by atoms with Crippen molar-refractivity contribution in [1.29, 1.82) is 0 Å². The van der Waals surface area contributed by atoms with E-state index in [2.05, 4.69) is 87.0 Å². The first-order valence-corrected chi connectivity index (χ1v) is 17.2. The van der Waals surface area contributed by atoms with Crippen LogP contribution in [0.5, 0.6) is 0 Å². The van der Waals surface area contributed by atoms with Gasteiger partial charge in [-0.25, -0.2) is 9.79 Å². The maximum absolute atomic E-state index is 14.5. The Morgan fingerprint density at radius 3 is 2.02 bits per heavy atom. The summed E-state index contributed by atoms with van der Waals surface area (Å²) < 4.78 is 5.30. The number of ether oxygens (including phenoxy) is 1. The zero-order valence-corrected chi connectivity index (χ0v) is 31.1.